The Morgan fingerprint density at radius 2 is 1.36 bits per heavy atom. The van der Waals surface area contributed by atoms with Crippen molar-refractivity contribution in [1.29, 1.82) is 0 Å². The van der Waals surface area contributed by atoms with Crippen molar-refractivity contribution in [3.05, 3.63) is 54.6 Å². The van der Waals surface area contributed by atoms with Crippen molar-refractivity contribution in [3.63, 3.8) is 0 Å². The highest BCUT2D eigenvalue weighted by Crippen LogP contribution is 2.21. The maximum Gasteiger partial charge on any atom is 0.162 e. The van der Waals surface area contributed by atoms with Crippen LogP contribution in [0.15, 0.2) is 49.1 Å². The molecule has 3 rings (SSSR count). The summed E-state index contributed by atoms with van der Waals surface area (Å²) in [5.74, 6) is 2.19. The molecule has 5 nitrogen and oxygen atoms in total. The molecule has 0 amide bonds. The van der Waals surface area contributed by atoms with Gasteiger partial charge in [0.15, 0.2) is 11.6 Å². The molecule has 2 heterocycles. The minimum atomic E-state index is 0.632. The van der Waals surface area contributed by atoms with Gasteiger partial charge < -0.3 is 4.74 Å². The number of hydrogen-bond donors (Lipinski definition) is 0. The van der Waals surface area contributed by atoms with Crippen molar-refractivity contribution in [3.8, 4) is 28.5 Å². The Morgan fingerprint density at radius 3 is 2.00 bits per heavy atom. The van der Waals surface area contributed by atoms with Gasteiger partial charge in [-0.1, -0.05) is 19.8 Å². The van der Waals surface area contributed by atoms with Gasteiger partial charge in [0, 0.05) is 30.4 Å². The lowest BCUT2D eigenvalue weighted by atomic mass is 10.2. The van der Waals surface area contributed by atoms with Crippen LogP contribution in [-0.4, -0.2) is 26.5 Å². The van der Waals surface area contributed by atoms with Crippen LogP contribution in [0.25, 0.3) is 22.8 Å². The van der Waals surface area contributed by atoms with Crippen molar-refractivity contribution < 1.29 is 4.74 Å². The Balaban J connectivity index is 1.66. The van der Waals surface area contributed by atoms with Gasteiger partial charge in [-0.2, -0.15) is 0 Å². The first-order chi connectivity index (χ1) is 12.3. The summed E-state index contributed by atoms with van der Waals surface area (Å²) in [4.78, 5) is 17.5. The average Bonchev–Trinajstić information content (AvgIpc) is 2.67. The highest BCUT2D eigenvalue weighted by atomic mass is 16.5. The lowest BCUT2D eigenvalue weighted by molar-refractivity contribution is 0.306. The van der Waals surface area contributed by atoms with Crippen LogP contribution >= 0.6 is 0 Å². The molecule has 0 aliphatic carbocycles. The molecule has 0 bridgehead atoms. The molecule has 0 radical (unpaired) electrons. The molecule has 0 saturated carbocycles. The molecule has 0 spiro atoms. The summed E-state index contributed by atoms with van der Waals surface area (Å²) in [6.45, 7) is 4.90. The van der Waals surface area contributed by atoms with Crippen LogP contribution in [-0.2, 0) is 0 Å². The lowest BCUT2D eigenvalue weighted by Gasteiger charge is -2.07. The van der Waals surface area contributed by atoms with Crippen LogP contribution < -0.4 is 4.74 Å². The average molecular weight is 334 g/mol. The number of unbranched alkanes of at least 4 members (excludes halogenated alkanes) is 2. The monoisotopic (exact) mass is 334 g/mol. The SMILES string of the molecule is CCCCCOc1ccc(-c2ncc(-c3ncc(C)cn3)cn2)cc1. The summed E-state index contributed by atoms with van der Waals surface area (Å²) in [5.41, 5.74) is 2.79. The van der Waals surface area contributed by atoms with Gasteiger partial charge in [0.1, 0.15) is 5.75 Å². The summed E-state index contributed by atoms with van der Waals surface area (Å²) in [7, 11) is 0. The lowest BCUT2D eigenvalue weighted by Crippen LogP contribution is -1.97. The Labute approximate surface area is 148 Å². The third kappa shape index (κ3) is 4.59. The van der Waals surface area contributed by atoms with E-state index in [0.29, 0.717) is 11.6 Å². The maximum absolute atomic E-state index is 5.73. The van der Waals surface area contributed by atoms with Crippen molar-refractivity contribution in [2.75, 3.05) is 6.61 Å². The van der Waals surface area contributed by atoms with Crippen LogP contribution in [0.3, 0.4) is 0 Å². The van der Waals surface area contributed by atoms with Crippen molar-refractivity contribution in [2.24, 2.45) is 0 Å². The first-order valence-electron chi connectivity index (χ1n) is 8.60. The van der Waals surface area contributed by atoms with Crippen molar-refractivity contribution in [1.82, 2.24) is 19.9 Å². The van der Waals surface area contributed by atoms with E-state index in [-0.39, 0.29) is 0 Å². The van der Waals surface area contributed by atoms with Gasteiger partial charge in [0.05, 0.1) is 12.2 Å². The molecule has 0 aliphatic heterocycles. The van der Waals surface area contributed by atoms with Crippen LogP contribution in [0.4, 0.5) is 0 Å². The van der Waals surface area contributed by atoms with E-state index in [1.54, 1.807) is 24.8 Å². The molecule has 128 valence electrons. The van der Waals surface area contributed by atoms with Crippen molar-refractivity contribution in [2.45, 2.75) is 33.1 Å². The quantitative estimate of drug-likeness (QED) is 0.596. The highest BCUT2D eigenvalue weighted by Gasteiger charge is 2.05. The first-order valence-corrected chi connectivity index (χ1v) is 8.60. The fraction of sp³-hybridized carbons (Fsp3) is 0.300. The molecular weight excluding hydrogens is 312 g/mol. The molecule has 0 saturated heterocycles. The molecule has 3 aromatic rings. The molecule has 0 aliphatic rings. The van der Waals surface area contributed by atoms with Gasteiger partial charge in [0.25, 0.3) is 0 Å². The summed E-state index contributed by atoms with van der Waals surface area (Å²) in [6, 6.07) is 7.88. The van der Waals surface area contributed by atoms with E-state index in [0.717, 1.165) is 35.5 Å². The van der Waals surface area contributed by atoms with Crippen LogP contribution in [0, 0.1) is 6.92 Å². The summed E-state index contributed by atoms with van der Waals surface area (Å²) in [6.07, 6.45) is 10.6. The smallest absolute Gasteiger partial charge is 0.162 e. The molecule has 0 unspecified atom stereocenters. The second-order valence-corrected chi connectivity index (χ2v) is 5.96. The fourth-order valence-corrected chi connectivity index (χ4v) is 2.38. The predicted octanol–water partition coefficient (Wildman–Crippen LogP) is 4.48. The zero-order valence-corrected chi connectivity index (χ0v) is 14.6. The second-order valence-electron chi connectivity index (χ2n) is 5.96. The summed E-state index contributed by atoms with van der Waals surface area (Å²) < 4.78 is 5.73. The molecule has 0 fully saturated rings. The van der Waals surface area contributed by atoms with E-state index in [2.05, 4.69) is 26.9 Å². The minimum absolute atomic E-state index is 0.632. The molecule has 5 heteroatoms. The Kier molecular flexibility index (Phi) is 5.67. The largest absolute Gasteiger partial charge is 0.494 e. The van der Waals surface area contributed by atoms with E-state index >= 15 is 0 Å². The fourth-order valence-electron chi connectivity index (χ4n) is 2.38. The number of benzene rings is 1. The van der Waals surface area contributed by atoms with Gasteiger partial charge in [-0.05, 0) is 43.2 Å². The molecule has 1 aromatic carbocycles. The summed E-state index contributed by atoms with van der Waals surface area (Å²) in [5, 5.41) is 0. The standard InChI is InChI=1S/C20H22N4O/c1-3-4-5-10-25-18-8-6-16(7-9-18)19-23-13-17(14-24-19)20-21-11-15(2)12-22-20/h6-9,11-14H,3-5,10H2,1-2H3. The Bertz CT molecular complexity index is 783. The number of aryl methyl sites for hydroxylation is 1. The number of hydrogen-bond acceptors (Lipinski definition) is 5. The van der Waals surface area contributed by atoms with E-state index < -0.39 is 0 Å². The summed E-state index contributed by atoms with van der Waals surface area (Å²) >= 11 is 0. The number of rotatable bonds is 7. The maximum atomic E-state index is 5.73. The third-order valence-electron chi connectivity index (χ3n) is 3.82. The van der Waals surface area contributed by atoms with Gasteiger partial charge in [-0.3, -0.25) is 0 Å². The molecular formula is C20H22N4O. The second kappa shape index (κ2) is 8.33. The van der Waals surface area contributed by atoms with Gasteiger partial charge in [0.2, 0.25) is 0 Å². The van der Waals surface area contributed by atoms with Crippen molar-refractivity contribution >= 4 is 0 Å². The van der Waals surface area contributed by atoms with Gasteiger partial charge >= 0.3 is 0 Å². The normalized spacial score (nSPS) is 10.6. The minimum Gasteiger partial charge on any atom is -0.494 e. The van der Waals surface area contributed by atoms with E-state index in [1.807, 2.05) is 31.2 Å². The first kappa shape index (κ1) is 17.0. The number of ether oxygens (including phenoxy) is 1. The van der Waals surface area contributed by atoms with Crippen LogP contribution in [0.5, 0.6) is 5.75 Å². The van der Waals surface area contributed by atoms with E-state index in [9.17, 15) is 0 Å². The zero-order valence-electron chi connectivity index (χ0n) is 14.6. The van der Waals surface area contributed by atoms with Gasteiger partial charge in [-0.25, -0.2) is 19.9 Å². The molecule has 0 N–H and O–H groups in total. The highest BCUT2D eigenvalue weighted by molar-refractivity contribution is 5.59. The number of aromatic nitrogens is 4. The van der Waals surface area contributed by atoms with Gasteiger partial charge in [-0.15, -0.1) is 0 Å². The third-order valence-corrected chi connectivity index (χ3v) is 3.82. The Morgan fingerprint density at radius 1 is 0.760 bits per heavy atom. The topological polar surface area (TPSA) is 60.8 Å². The van der Waals surface area contributed by atoms with E-state index in [1.165, 1.54) is 12.8 Å². The molecule has 2 aromatic heterocycles. The molecule has 0 atom stereocenters. The number of nitrogens with zero attached hydrogens (tertiary/aromatic N) is 4. The zero-order chi connectivity index (χ0) is 17.5. The van der Waals surface area contributed by atoms with E-state index in [4.69, 9.17) is 4.74 Å². The predicted molar refractivity (Wildman–Crippen MR) is 98.3 cm³/mol. The van der Waals surface area contributed by atoms with Crippen LogP contribution in [0.2, 0.25) is 0 Å². The van der Waals surface area contributed by atoms with Crippen LogP contribution in [0.1, 0.15) is 31.7 Å². The molecule has 25 heavy (non-hydrogen) atoms. The Hall–Kier alpha value is -2.82.